The molecule has 0 bridgehead atoms. The number of allylic oxidation sites excluding steroid dienone is 2. The van der Waals surface area contributed by atoms with Crippen LogP contribution in [0, 0.1) is 0 Å². The lowest BCUT2D eigenvalue weighted by Crippen LogP contribution is -2.08. The Kier molecular flexibility index (Phi) is 8.44. The predicted molar refractivity (Wildman–Crippen MR) is 67.5 cm³/mol. The van der Waals surface area contributed by atoms with Crippen molar-refractivity contribution in [3.8, 4) is 0 Å². The van der Waals surface area contributed by atoms with Crippen molar-refractivity contribution in [2.24, 2.45) is 0 Å². The summed E-state index contributed by atoms with van der Waals surface area (Å²) in [6.07, 6.45) is 6.54. The Morgan fingerprint density at radius 3 is 2.21 bits per heavy atom. The maximum atomic E-state index is 11.6. The van der Waals surface area contributed by atoms with Gasteiger partial charge in [-0.25, -0.2) is 14.4 Å². The summed E-state index contributed by atoms with van der Waals surface area (Å²) >= 11 is 0. The number of aliphatic carboxylic acids is 2. The van der Waals surface area contributed by atoms with Crippen LogP contribution in [0.15, 0.2) is 36.0 Å². The van der Waals surface area contributed by atoms with E-state index in [1.165, 1.54) is 6.08 Å². The fraction of sp³-hybridized carbons (Fsp3) is 0.308. The van der Waals surface area contributed by atoms with Gasteiger partial charge in [-0.1, -0.05) is 19.4 Å². The van der Waals surface area contributed by atoms with E-state index < -0.39 is 17.9 Å². The van der Waals surface area contributed by atoms with Gasteiger partial charge < -0.3 is 14.9 Å². The molecule has 0 radical (unpaired) electrons. The first-order valence-electron chi connectivity index (χ1n) is 5.66. The van der Waals surface area contributed by atoms with Crippen molar-refractivity contribution >= 4 is 17.9 Å². The molecule has 0 fully saturated rings. The summed E-state index contributed by atoms with van der Waals surface area (Å²) in [6.45, 7) is 2.17. The van der Waals surface area contributed by atoms with E-state index in [9.17, 15) is 14.4 Å². The molecule has 2 N–H and O–H groups in total. The second-order valence-corrected chi connectivity index (χ2v) is 3.48. The fourth-order valence-corrected chi connectivity index (χ4v) is 0.979. The maximum Gasteiger partial charge on any atom is 0.338 e. The van der Waals surface area contributed by atoms with Gasteiger partial charge in [-0.3, -0.25) is 0 Å². The van der Waals surface area contributed by atoms with E-state index in [4.69, 9.17) is 14.9 Å². The van der Waals surface area contributed by atoms with Gasteiger partial charge in [0, 0.05) is 12.2 Å². The van der Waals surface area contributed by atoms with Gasteiger partial charge in [0.1, 0.15) is 0 Å². The third kappa shape index (κ3) is 9.34. The Morgan fingerprint density at radius 1 is 1.05 bits per heavy atom. The van der Waals surface area contributed by atoms with Crippen LogP contribution in [0.1, 0.15) is 19.8 Å². The van der Waals surface area contributed by atoms with Crippen LogP contribution in [0.25, 0.3) is 0 Å². The van der Waals surface area contributed by atoms with Crippen molar-refractivity contribution in [2.45, 2.75) is 19.8 Å². The first-order chi connectivity index (χ1) is 8.97. The molecule has 0 amide bonds. The summed E-state index contributed by atoms with van der Waals surface area (Å²) in [7, 11) is 0. The number of esters is 1. The Balaban J connectivity index is 4.79. The SMILES string of the molecule is CCCCOC(=O)C(C=CC(=O)O)=CC=CC(=O)O. The van der Waals surface area contributed by atoms with Crippen LogP contribution in [0.3, 0.4) is 0 Å². The standard InChI is InChI=1S/C13H16O6/c1-2-3-9-19-13(18)10(7-8-12(16)17)5-4-6-11(14)15/h4-8H,2-3,9H2,1H3,(H,14,15)(H,16,17). The zero-order valence-corrected chi connectivity index (χ0v) is 10.5. The normalized spacial score (nSPS) is 11.9. The number of hydrogen-bond acceptors (Lipinski definition) is 4. The molecule has 0 spiro atoms. The van der Waals surface area contributed by atoms with Gasteiger partial charge in [-0.05, 0) is 18.6 Å². The Bertz CT molecular complexity index is 417. The van der Waals surface area contributed by atoms with Crippen molar-refractivity contribution in [3.63, 3.8) is 0 Å². The highest BCUT2D eigenvalue weighted by Gasteiger charge is 2.07. The molecule has 0 aromatic rings. The number of carboxylic acid groups (broad SMARTS) is 2. The van der Waals surface area contributed by atoms with E-state index in [1.54, 1.807) is 0 Å². The van der Waals surface area contributed by atoms with Gasteiger partial charge in [0.2, 0.25) is 0 Å². The van der Waals surface area contributed by atoms with Gasteiger partial charge in [0.05, 0.1) is 12.2 Å². The van der Waals surface area contributed by atoms with Crippen LogP contribution in [-0.4, -0.2) is 34.7 Å². The van der Waals surface area contributed by atoms with Gasteiger partial charge in [0.25, 0.3) is 0 Å². The second kappa shape index (κ2) is 9.64. The average Bonchev–Trinajstić information content (AvgIpc) is 2.32. The molecule has 104 valence electrons. The van der Waals surface area contributed by atoms with Gasteiger partial charge in [0.15, 0.2) is 0 Å². The van der Waals surface area contributed by atoms with Crippen LogP contribution in [0.5, 0.6) is 0 Å². The Labute approximate surface area is 110 Å². The average molecular weight is 268 g/mol. The molecule has 0 saturated heterocycles. The van der Waals surface area contributed by atoms with Crippen LogP contribution < -0.4 is 0 Å². The zero-order chi connectivity index (χ0) is 14.7. The highest BCUT2D eigenvalue weighted by atomic mass is 16.5. The number of carbonyl (C=O) groups excluding carboxylic acids is 1. The van der Waals surface area contributed by atoms with E-state index in [0.717, 1.165) is 30.7 Å². The third-order valence-electron chi connectivity index (χ3n) is 1.89. The molecule has 0 aliphatic rings. The zero-order valence-electron chi connectivity index (χ0n) is 10.5. The van der Waals surface area contributed by atoms with Gasteiger partial charge >= 0.3 is 17.9 Å². The number of carboxylic acids is 2. The summed E-state index contributed by atoms with van der Waals surface area (Å²) in [5.41, 5.74) is -0.0315. The Hall–Kier alpha value is -2.37. The Morgan fingerprint density at radius 2 is 1.68 bits per heavy atom. The molecular weight excluding hydrogens is 252 g/mol. The summed E-state index contributed by atoms with van der Waals surface area (Å²) in [6, 6.07) is 0. The number of ether oxygens (including phenoxy) is 1. The van der Waals surface area contributed by atoms with E-state index in [0.29, 0.717) is 6.42 Å². The lowest BCUT2D eigenvalue weighted by Gasteiger charge is -2.03. The van der Waals surface area contributed by atoms with Gasteiger partial charge in [-0.2, -0.15) is 0 Å². The minimum atomic E-state index is -1.21. The molecule has 6 nitrogen and oxygen atoms in total. The molecule has 0 aromatic carbocycles. The van der Waals surface area contributed by atoms with Crippen molar-refractivity contribution < 1.29 is 29.3 Å². The van der Waals surface area contributed by atoms with Gasteiger partial charge in [-0.15, -0.1) is 0 Å². The van der Waals surface area contributed by atoms with Crippen LogP contribution in [0.2, 0.25) is 0 Å². The molecule has 0 saturated carbocycles. The van der Waals surface area contributed by atoms with E-state index in [-0.39, 0.29) is 12.2 Å². The molecule has 0 unspecified atom stereocenters. The smallest absolute Gasteiger partial charge is 0.338 e. The topological polar surface area (TPSA) is 101 Å². The first kappa shape index (κ1) is 16.6. The monoisotopic (exact) mass is 268 g/mol. The molecule has 19 heavy (non-hydrogen) atoms. The van der Waals surface area contributed by atoms with Crippen molar-refractivity contribution in [3.05, 3.63) is 36.0 Å². The molecular formula is C13H16O6. The minimum absolute atomic E-state index is 0.0315. The molecule has 0 aliphatic heterocycles. The lowest BCUT2D eigenvalue weighted by atomic mass is 10.2. The minimum Gasteiger partial charge on any atom is -0.478 e. The number of carbonyl (C=O) groups is 3. The molecule has 6 heteroatoms. The predicted octanol–water partition coefficient (Wildman–Crippen LogP) is 1.54. The second-order valence-electron chi connectivity index (χ2n) is 3.48. The summed E-state index contributed by atoms with van der Waals surface area (Å²) in [4.78, 5) is 32.3. The van der Waals surface area contributed by atoms with Crippen molar-refractivity contribution in [2.75, 3.05) is 6.61 Å². The number of unbranched alkanes of at least 4 members (excludes halogenated alkanes) is 1. The highest BCUT2D eigenvalue weighted by molar-refractivity contribution is 5.94. The number of hydrogen-bond donors (Lipinski definition) is 2. The molecule has 0 atom stereocenters. The van der Waals surface area contributed by atoms with Crippen molar-refractivity contribution in [1.29, 1.82) is 0 Å². The maximum absolute atomic E-state index is 11.6. The van der Waals surface area contributed by atoms with E-state index >= 15 is 0 Å². The lowest BCUT2D eigenvalue weighted by molar-refractivity contribution is -0.138. The first-order valence-corrected chi connectivity index (χ1v) is 5.66. The van der Waals surface area contributed by atoms with Crippen LogP contribution >= 0.6 is 0 Å². The van der Waals surface area contributed by atoms with Crippen LogP contribution in [-0.2, 0) is 19.1 Å². The molecule has 0 heterocycles. The molecule has 0 aromatic heterocycles. The van der Waals surface area contributed by atoms with E-state index in [1.807, 2.05) is 6.92 Å². The van der Waals surface area contributed by atoms with E-state index in [2.05, 4.69) is 0 Å². The molecule has 0 rings (SSSR count). The summed E-state index contributed by atoms with van der Waals surface area (Å²) in [5.74, 6) is -3.08. The van der Waals surface area contributed by atoms with Crippen molar-refractivity contribution in [1.82, 2.24) is 0 Å². The fourth-order valence-electron chi connectivity index (χ4n) is 0.979. The number of rotatable bonds is 8. The summed E-state index contributed by atoms with van der Waals surface area (Å²) in [5, 5.41) is 16.9. The molecule has 0 aliphatic carbocycles. The highest BCUT2D eigenvalue weighted by Crippen LogP contribution is 2.03. The largest absolute Gasteiger partial charge is 0.478 e. The third-order valence-corrected chi connectivity index (χ3v) is 1.89. The summed E-state index contributed by atoms with van der Waals surface area (Å²) < 4.78 is 4.90. The quantitative estimate of drug-likeness (QED) is 0.300. The van der Waals surface area contributed by atoms with Crippen LogP contribution in [0.4, 0.5) is 0 Å².